The number of aliphatic carboxylic acids is 1. The maximum Gasteiger partial charge on any atom is 2.00 e. The van der Waals surface area contributed by atoms with Gasteiger partial charge in [-0.1, -0.05) is 0 Å². The van der Waals surface area contributed by atoms with Crippen LogP contribution in [-0.4, -0.2) is 45.0 Å². The molecule has 1 aromatic rings. The third-order valence-corrected chi connectivity index (χ3v) is 1.56. The Morgan fingerprint density at radius 3 is 2.85 bits per heavy atom. The topological polar surface area (TPSA) is 94.8 Å². The van der Waals surface area contributed by atoms with Crippen LogP contribution in [0.5, 0.6) is 0 Å². The molecule has 0 aromatic carbocycles. The summed E-state index contributed by atoms with van der Waals surface area (Å²) < 4.78 is 0. The van der Waals surface area contributed by atoms with Gasteiger partial charge < -0.3 is 33.2 Å². The summed E-state index contributed by atoms with van der Waals surface area (Å²) in [5, 5.41) is 10.5. The summed E-state index contributed by atoms with van der Waals surface area (Å²) in [6.07, 6.45) is 1.62. The molecule has 0 spiro atoms. The van der Waals surface area contributed by atoms with Crippen LogP contribution >= 0.6 is 0 Å². The van der Waals surface area contributed by atoms with Crippen molar-refractivity contribution in [3.05, 3.63) is 11.9 Å². The van der Waals surface area contributed by atoms with Crippen LogP contribution in [0.1, 0.15) is 5.69 Å². The Labute approximate surface area is 96.7 Å². The molecule has 0 bridgehead atoms. The van der Waals surface area contributed by atoms with E-state index in [4.69, 9.17) is 5.73 Å². The van der Waals surface area contributed by atoms with Crippen LogP contribution in [0.2, 0.25) is 0 Å². The summed E-state index contributed by atoms with van der Waals surface area (Å²) in [4.78, 5) is 16.6. The van der Waals surface area contributed by atoms with Crippen LogP contribution in [0.4, 0.5) is 0 Å². The number of carbonyl (C=O) groups is 1. The van der Waals surface area contributed by atoms with Crippen molar-refractivity contribution < 1.29 is 9.90 Å². The molecule has 1 rings (SSSR count). The van der Waals surface area contributed by atoms with Crippen LogP contribution in [-0.2, 0) is 23.8 Å². The molecule has 0 saturated carbocycles. The van der Waals surface area contributed by atoms with Gasteiger partial charge in [-0.15, -0.1) is 0 Å². The number of hydrogen-bond acceptors (Lipinski definition) is 5. The number of nitrogens with zero attached hydrogens (tertiary/aromatic N) is 1. The zero-order chi connectivity index (χ0) is 9.14. The fourth-order valence-corrected chi connectivity index (χ4v) is 0.946. The van der Waals surface area contributed by atoms with Crippen LogP contribution in [0.3, 0.4) is 0 Å². The van der Waals surface area contributed by atoms with E-state index >= 15 is 0 Å². The number of rotatable bonds is 3. The summed E-state index contributed by atoms with van der Waals surface area (Å²) in [5.41, 5.74) is 5.82. The molecule has 0 aliphatic heterocycles. The number of nitrogens with one attached hydrogen (secondary N) is 1. The summed E-state index contributed by atoms with van der Waals surface area (Å²) in [7, 11) is 0. The Bertz CT molecular complexity index is 291. The second-order valence-electron chi connectivity index (χ2n) is 2.34. The number of aromatic amines is 1. The van der Waals surface area contributed by atoms with Gasteiger partial charge in [0.2, 0.25) is 0 Å². The molecule has 0 saturated heterocycles. The van der Waals surface area contributed by atoms with Gasteiger partial charge in [-0.25, -0.2) is 0 Å². The third-order valence-electron chi connectivity index (χ3n) is 1.35. The van der Waals surface area contributed by atoms with E-state index in [-0.39, 0.29) is 29.5 Å². The molecule has 1 atom stereocenters. The van der Waals surface area contributed by atoms with Gasteiger partial charge in [-0.05, 0) is 5.16 Å². The minimum atomic E-state index is -1.28. The Balaban J connectivity index is 0.00000144. The summed E-state index contributed by atoms with van der Waals surface area (Å²) in [5.74, 6) is -1.28. The smallest absolute Gasteiger partial charge is 0.742 e. The SMILES string of the molecule is NC(Cc1cnc([S-])[nH]1)C(=O)[O-].[Mg+2]. The van der Waals surface area contributed by atoms with E-state index in [1.807, 2.05) is 0 Å². The molecule has 7 heteroatoms. The fourth-order valence-electron chi connectivity index (χ4n) is 0.762. The fraction of sp³-hybridized carbons (Fsp3) is 0.333. The zero-order valence-corrected chi connectivity index (χ0v) is 9.05. The van der Waals surface area contributed by atoms with Gasteiger partial charge in [-0.3, -0.25) is 4.98 Å². The third kappa shape index (κ3) is 3.90. The van der Waals surface area contributed by atoms with Crippen LogP contribution in [0.15, 0.2) is 11.4 Å². The molecule has 66 valence electrons. The molecule has 5 nitrogen and oxygen atoms in total. The van der Waals surface area contributed by atoms with Gasteiger partial charge in [0.25, 0.3) is 0 Å². The largest absolute Gasteiger partial charge is 2.00 e. The van der Waals surface area contributed by atoms with Gasteiger partial charge in [0.05, 0.1) is 5.97 Å². The number of carbonyl (C=O) groups excluding carboxylic acids is 1. The Morgan fingerprint density at radius 1 is 1.85 bits per heavy atom. The number of imidazole rings is 1. The molecule has 13 heavy (non-hydrogen) atoms. The number of aromatic nitrogens is 2. The summed E-state index contributed by atoms with van der Waals surface area (Å²) in [6.45, 7) is 0. The van der Waals surface area contributed by atoms with E-state index in [0.29, 0.717) is 10.9 Å². The second-order valence-corrected chi connectivity index (χ2v) is 2.73. The molecule has 1 heterocycles. The van der Waals surface area contributed by atoms with Crippen molar-refractivity contribution in [3.63, 3.8) is 0 Å². The predicted molar refractivity (Wildman–Crippen MR) is 46.7 cm³/mol. The number of hydrogen-bond donors (Lipinski definition) is 2. The molecule has 0 aliphatic carbocycles. The first-order valence-electron chi connectivity index (χ1n) is 3.27. The van der Waals surface area contributed by atoms with Crippen molar-refractivity contribution in [1.82, 2.24) is 9.97 Å². The minimum Gasteiger partial charge on any atom is -0.742 e. The maximum atomic E-state index is 10.2. The van der Waals surface area contributed by atoms with Gasteiger partial charge in [0, 0.05) is 24.4 Å². The van der Waals surface area contributed by atoms with Crippen molar-refractivity contribution in [1.29, 1.82) is 0 Å². The first-order chi connectivity index (χ1) is 5.59. The molecule has 0 aliphatic rings. The van der Waals surface area contributed by atoms with Gasteiger partial charge in [-0.2, -0.15) is 0 Å². The van der Waals surface area contributed by atoms with E-state index in [9.17, 15) is 9.90 Å². The maximum absolute atomic E-state index is 10.2. The number of H-pyrrole nitrogens is 1. The molecule has 0 radical (unpaired) electrons. The number of carboxylic acid groups (broad SMARTS) is 1. The van der Waals surface area contributed by atoms with Gasteiger partial charge in [0.1, 0.15) is 0 Å². The van der Waals surface area contributed by atoms with E-state index in [1.54, 1.807) is 0 Å². The van der Waals surface area contributed by atoms with Crippen LogP contribution < -0.4 is 10.8 Å². The molecule has 1 aromatic heterocycles. The summed E-state index contributed by atoms with van der Waals surface area (Å²) in [6, 6.07) is -1.01. The van der Waals surface area contributed by atoms with E-state index in [1.165, 1.54) is 6.20 Å². The summed E-state index contributed by atoms with van der Waals surface area (Å²) >= 11 is 4.68. The van der Waals surface area contributed by atoms with Crippen molar-refractivity contribution in [3.8, 4) is 0 Å². The van der Waals surface area contributed by atoms with Gasteiger partial charge >= 0.3 is 23.1 Å². The first kappa shape index (κ1) is 12.6. The van der Waals surface area contributed by atoms with Gasteiger partial charge in [0.15, 0.2) is 0 Å². The predicted octanol–water partition coefficient (Wildman–Crippen LogP) is -2.45. The molecular weight excluding hydrogens is 202 g/mol. The Hall–Kier alpha value is -0.374. The molecule has 1 unspecified atom stereocenters. The second kappa shape index (κ2) is 5.38. The molecule has 0 fully saturated rings. The monoisotopic (exact) mass is 209 g/mol. The van der Waals surface area contributed by atoms with Crippen molar-refractivity contribution in [2.45, 2.75) is 17.6 Å². The normalized spacial score (nSPS) is 11.8. The number of nitrogens with two attached hydrogens (primary N) is 1. The van der Waals surface area contributed by atoms with Crippen molar-refractivity contribution in [2.75, 3.05) is 0 Å². The molecular formula is C6H7MgN3O2S. The van der Waals surface area contributed by atoms with E-state index in [0.717, 1.165) is 0 Å². The van der Waals surface area contributed by atoms with Crippen molar-refractivity contribution in [2.24, 2.45) is 5.73 Å². The van der Waals surface area contributed by atoms with Crippen LogP contribution in [0, 0.1) is 0 Å². The van der Waals surface area contributed by atoms with Crippen LogP contribution in [0.25, 0.3) is 0 Å². The average molecular weight is 210 g/mol. The Kier molecular flexibility index (Phi) is 5.22. The molecule has 0 amide bonds. The quantitative estimate of drug-likeness (QED) is 0.426. The minimum absolute atomic E-state index is 0. The first-order valence-corrected chi connectivity index (χ1v) is 3.67. The standard InChI is InChI=1S/C6H9N3O2S.Mg/c7-4(5(10)11)1-3-2-8-6(12)9-3;/h2,4H,1,7H2,(H,10,11)(H2,8,9,12);/q;+2/p-2. The average Bonchev–Trinajstić information content (AvgIpc) is 2.35. The van der Waals surface area contributed by atoms with E-state index in [2.05, 4.69) is 22.6 Å². The Morgan fingerprint density at radius 2 is 2.46 bits per heavy atom. The van der Waals surface area contributed by atoms with Crippen molar-refractivity contribution >= 4 is 41.7 Å². The van der Waals surface area contributed by atoms with E-state index < -0.39 is 12.0 Å². The number of carboxylic acids is 1. The molecule has 3 N–H and O–H groups in total. The zero-order valence-electron chi connectivity index (χ0n) is 6.82.